The highest BCUT2D eigenvalue weighted by Crippen LogP contribution is 2.22. The van der Waals surface area contributed by atoms with E-state index in [4.69, 9.17) is 20.1 Å². The van der Waals surface area contributed by atoms with Crippen LogP contribution in [0.2, 0.25) is 0 Å². The van der Waals surface area contributed by atoms with E-state index >= 15 is 0 Å². The molecule has 0 heterocycles. The van der Waals surface area contributed by atoms with Crippen molar-refractivity contribution in [1.29, 1.82) is 0 Å². The summed E-state index contributed by atoms with van der Waals surface area (Å²) in [5.41, 5.74) is 7.21. The lowest BCUT2D eigenvalue weighted by Gasteiger charge is -2.07. The molecule has 370 valence electrons. The van der Waals surface area contributed by atoms with E-state index in [0.717, 1.165) is 27.8 Å². The Labute approximate surface area is 422 Å². The number of hydrogen-bond acceptors (Lipinski definition) is 10. The molecule has 0 unspecified atom stereocenters. The number of nitrogens with one attached hydrogen (secondary N) is 2. The number of carbonyl (C=O) groups is 8. The molecule has 6 rings (SSSR count). The van der Waals surface area contributed by atoms with Gasteiger partial charge in [-0.15, -0.1) is 0 Å². The maximum Gasteiger partial charge on any atom is 0.338 e. The predicted octanol–water partition coefficient (Wildman–Crippen LogP) is 11.1. The molecule has 17 heteroatoms. The Bertz CT molecular complexity index is 3010. The van der Waals surface area contributed by atoms with Gasteiger partial charge in [0.2, 0.25) is 11.8 Å². The van der Waals surface area contributed by atoms with Crippen LogP contribution >= 0.6 is 15.9 Å². The maximum absolute atomic E-state index is 11.7. The molecule has 72 heavy (non-hydrogen) atoms. The fourth-order valence-electron chi connectivity index (χ4n) is 5.94. The molecule has 0 fully saturated rings. The molecule has 0 aliphatic carbocycles. The second-order valence-electron chi connectivity index (χ2n) is 14.9. The summed E-state index contributed by atoms with van der Waals surface area (Å²) in [5.74, 6) is -5.46. The van der Waals surface area contributed by atoms with Gasteiger partial charge in [0, 0.05) is 18.3 Å². The topological polar surface area (TPSA) is 260 Å². The Balaban J connectivity index is 0.000000265. The number of hydrogen-bond donors (Lipinski definition) is 6. The van der Waals surface area contributed by atoms with E-state index in [1.165, 1.54) is 64.5 Å². The van der Waals surface area contributed by atoms with Gasteiger partial charge in [-0.05, 0) is 113 Å². The van der Waals surface area contributed by atoms with E-state index in [9.17, 15) is 43.5 Å². The molecule has 0 aliphatic heterocycles. The van der Waals surface area contributed by atoms with Crippen LogP contribution in [0, 0.1) is 6.92 Å². The Kier molecular flexibility index (Phi) is 22.5. The molecule has 0 aromatic heterocycles. The number of amides is 2. The molecule has 0 radical (unpaired) electrons. The highest BCUT2D eigenvalue weighted by Gasteiger charge is 2.13. The third kappa shape index (κ3) is 18.7. The lowest BCUT2D eigenvalue weighted by Crippen LogP contribution is -2.10. The van der Waals surface area contributed by atoms with E-state index in [1.54, 1.807) is 85.0 Å². The van der Waals surface area contributed by atoms with Crippen molar-refractivity contribution in [2.24, 2.45) is 0 Å². The largest absolute Gasteiger partial charge is 0.478 e. The van der Waals surface area contributed by atoms with Gasteiger partial charge >= 0.3 is 35.8 Å². The van der Waals surface area contributed by atoms with Crippen LogP contribution in [0.5, 0.6) is 0 Å². The molecule has 6 aromatic carbocycles. The molecule has 0 atom stereocenters. The van der Waals surface area contributed by atoms with Crippen molar-refractivity contribution in [2.45, 2.75) is 20.8 Å². The summed E-state index contributed by atoms with van der Waals surface area (Å²) in [7, 11) is 2.72. The quantitative estimate of drug-likeness (QED) is 0.0464. The summed E-state index contributed by atoms with van der Waals surface area (Å²) < 4.78 is 10.1. The number of ether oxygens (including phenoxy) is 2. The van der Waals surface area contributed by atoms with Crippen molar-refractivity contribution in [3.63, 3.8) is 0 Å². The molecule has 0 saturated carbocycles. The third-order valence-electron chi connectivity index (χ3n) is 9.59. The number of carboxylic acid groups (broad SMARTS) is 4. The minimum Gasteiger partial charge on any atom is -0.478 e. The van der Waals surface area contributed by atoms with Crippen LogP contribution in [0.3, 0.4) is 0 Å². The Morgan fingerprint density at radius 1 is 0.458 bits per heavy atom. The number of methoxy groups -OCH3 is 2. The van der Waals surface area contributed by atoms with E-state index in [0.29, 0.717) is 32.4 Å². The Morgan fingerprint density at radius 2 is 0.819 bits per heavy atom. The van der Waals surface area contributed by atoms with Crippen molar-refractivity contribution in [3.8, 4) is 0 Å². The van der Waals surface area contributed by atoms with Gasteiger partial charge in [0.15, 0.2) is 0 Å². The number of anilines is 2. The van der Waals surface area contributed by atoms with Crippen molar-refractivity contribution < 1.29 is 68.3 Å². The molecule has 0 spiro atoms. The first-order valence-electron chi connectivity index (χ1n) is 21.1. The zero-order valence-electron chi connectivity index (χ0n) is 39.5. The van der Waals surface area contributed by atoms with Crippen LogP contribution in [-0.2, 0) is 19.1 Å². The van der Waals surface area contributed by atoms with Gasteiger partial charge in [0.25, 0.3) is 0 Å². The molecule has 16 nitrogen and oxygen atoms in total. The van der Waals surface area contributed by atoms with Crippen molar-refractivity contribution in [3.05, 3.63) is 205 Å². The SMILES string of the molecule is C=Cc1ccc(C(=O)O)cc1.CC(=O)Nc1ccc(/C=C/c2ccc(C(=O)O)cc2)cc1C(=O)O.CC(=O)Nc1ccc(Br)cc1C(=O)O.COC(=O)c1ccc(/C=C/c2ccc(C)c(C(=O)OC)c2)cc1. The molecule has 6 N–H and O–H groups in total. The van der Waals surface area contributed by atoms with Crippen molar-refractivity contribution >= 4 is 105 Å². The standard InChI is InChI=1S/C19H18O4.C18H15NO5.C9H8BrNO3.C9H8O2/c1-13-4-5-15(12-17(13)19(21)23-3)7-6-14-8-10-16(11-9-14)18(20)22-2;1-11(20)19-16-9-6-13(10-15(16)18(23)24)3-2-12-4-7-14(8-5-12)17(21)22;1-5(12)11-8-3-2-6(10)4-7(8)9(13)14;1-2-7-3-5-8(6-4-7)9(10)11/h4-12H,1-3H3;2-10H,1H3,(H,19,20)(H,21,22)(H,23,24);2-4H,1H3,(H,11,12)(H,13,14);2-6H,1H2,(H,10,11)/b7-6+;3-2+;;. The predicted molar refractivity (Wildman–Crippen MR) is 278 cm³/mol. The van der Waals surface area contributed by atoms with Crippen LogP contribution in [0.25, 0.3) is 30.4 Å². The Hall–Kier alpha value is -9.22. The molecular formula is C55H49BrN2O14. The highest BCUT2D eigenvalue weighted by molar-refractivity contribution is 9.10. The van der Waals surface area contributed by atoms with Crippen molar-refractivity contribution in [1.82, 2.24) is 0 Å². The van der Waals surface area contributed by atoms with E-state index < -0.39 is 23.9 Å². The van der Waals surface area contributed by atoms with Gasteiger partial charge in [-0.1, -0.05) is 107 Å². The molecule has 0 saturated heterocycles. The molecule has 2 amide bonds. The van der Waals surface area contributed by atoms with Crippen LogP contribution in [0.15, 0.2) is 138 Å². The molecule has 6 aromatic rings. The second kappa shape index (κ2) is 28.3. The summed E-state index contributed by atoms with van der Waals surface area (Å²) >= 11 is 3.15. The first-order valence-corrected chi connectivity index (χ1v) is 21.9. The number of aryl methyl sites for hydroxylation is 1. The number of esters is 2. The first-order chi connectivity index (χ1) is 34.1. The summed E-state index contributed by atoms with van der Waals surface area (Å²) in [6.45, 7) is 8.06. The average molecular weight is 1040 g/mol. The zero-order valence-corrected chi connectivity index (χ0v) is 41.1. The monoisotopic (exact) mass is 1040 g/mol. The van der Waals surface area contributed by atoms with Crippen LogP contribution in [0.4, 0.5) is 11.4 Å². The maximum atomic E-state index is 11.7. The third-order valence-corrected chi connectivity index (χ3v) is 10.1. The zero-order chi connectivity index (χ0) is 53.5. The Morgan fingerprint density at radius 3 is 1.22 bits per heavy atom. The van der Waals surface area contributed by atoms with Crippen LogP contribution in [-0.4, -0.2) is 82.3 Å². The van der Waals surface area contributed by atoms with Crippen LogP contribution < -0.4 is 10.6 Å². The fraction of sp³-hybridized carbons (Fsp3) is 0.0909. The smallest absolute Gasteiger partial charge is 0.338 e. The van der Waals surface area contributed by atoms with Gasteiger partial charge in [-0.25, -0.2) is 28.8 Å². The van der Waals surface area contributed by atoms with Crippen LogP contribution in [0.1, 0.15) is 109 Å². The van der Waals surface area contributed by atoms with Gasteiger partial charge in [-0.2, -0.15) is 0 Å². The number of rotatable bonds is 13. The van der Waals surface area contributed by atoms with E-state index in [1.807, 2.05) is 43.3 Å². The van der Waals surface area contributed by atoms with Crippen molar-refractivity contribution in [2.75, 3.05) is 24.9 Å². The number of aromatic carboxylic acids is 4. The summed E-state index contributed by atoms with van der Waals surface area (Å²) in [6.07, 6.45) is 8.93. The average Bonchev–Trinajstić information content (AvgIpc) is 3.36. The summed E-state index contributed by atoms with van der Waals surface area (Å²) in [6, 6.07) is 34.8. The number of carboxylic acids is 4. The number of benzene rings is 6. The van der Waals surface area contributed by atoms with Gasteiger partial charge in [-0.3, -0.25) is 9.59 Å². The highest BCUT2D eigenvalue weighted by atomic mass is 79.9. The normalized spacial score (nSPS) is 10.1. The van der Waals surface area contributed by atoms with Gasteiger partial charge < -0.3 is 40.5 Å². The second-order valence-corrected chi connectivity index (χ2v) is 15.8. The molecule has 0 bridgehead atoms. The van der Waals surface area contributed by atoms with Gasteiger partial charge in [0.05, 0.1) is 59.0 Å². The lowest BCUT2D eigenvalue weighted by molar-refractivity contribution is -0.115. The molecular weight excluding hydrogens is 993 g/mol. The lowest BCUT2D eigenvalue weighted by atomic mass is 10.0. The number of carbonyl (C=O) groups excluding carboxylic acids is 4. The summed E-state index contributed by atoms with van der Waals surface area (Å²) in [4.78, 5) is 88.2. The van der Waals surface area contributed by atoms with E-state index in [2.05, 4.69) is 37.9 Å². The molecule has 0 aliphatic rings. The minimum absolute atomic E-state index is 0.00595. The fourth-order valence-corrected chi connectivity index (χ4v) is 6.30. The first kappa shape index (κ1) is 57.1. The number of halogens is 1. The van der Waals surface area contributed by atoms with E-state index in [-0.39, 0.29) is 46.1 Å². The van der Waals surface area contributed by atoms with Gasteiger partial charge in [0.1, 0.15) is 0 Å². The summed E-state index contributed by atoms with van der Waals surface area (Å²) in [5, 5.41) is 40.4. The minimum atomic E-state index is -1.14.